The molecule has 32 heavy (non-hydrogen) atoms. The lowest BCUT2D eigenvalue weighted by Crippen LogP contribution is -2.45. The van der Waals surface area contributed by atoms with E-state index in [2.05, 4.69) is 22.3 Å². The van der Waals surface area contributed by atoms with Crippen molar-refractivity contribution >= 4 is 17.7 Å². The highest BCUT2D eigenvalue weighted by Crippen LogP contribution is 2.27. The van der Waals surface area contributed by atoms with Gasteiger partial charge in [-0.15, -0.1) is 0 Å². The van der Waals surface area contributed by atoms with E-state index in [1.54, 1.807) is 20.8 Å². The van der Waals surface area contributed by atoms with E-state index >= 15 is 0 Å². The predicted molar refractivity (Wildman–Crippen MR) is 125 cm³/mol. The first-order valence-corrected chi connectivity index (χ1v) is 10.8. The Morgan fingerprint density at radius 2 is 1.78 bits per heavy atom. The topological polar surface area (TPSA) is 82.1 Å². The number of carbonyl (C=O) groups excluding carboxylic acids is 2. The Bertz CT molecular complexity index is 950. The van der Waals surface area contributed by atoms with E-state index in [0.29, 0.717) is 5.69 Å². The summed E-state index contributed by atoms with van der Waals surface area (Å²) in [7, 11) is 4.08. The molecule has 1 saturated heterocycles. The summed E-state index contributed by atoms with van der Waals surface area (Å²) in [5.74, 6) is -0.340. The average Bonchev–Trinajstić information content (AvgIpc) is 3.10. The van der Waals surface area contributed by atoms with Crippen molar-refractivity contribution in [2.45, 2.75) is 51.5 Å². The fourth-order valence-corrected chi connectivity index (χ4v) is 3.82. The van der Waals surface area contributed by atoms with Crippen LogP contribution >= 0.6 is 0 Å². The number of hydrogen-bond acceptors (Lipinski definition) is 5. The van der Waals surface area contributed by atoms with Crippen molar-refractivity contribution in [1.29, 1.82) is 0 Å². The highest BCUT2D eigenvalue weighted by Gasteiger charge is 2.40. The summed E-state index contributed by atoms with van der Waals surface area (Å²) in [5, 5.41) is 12.9. The van der Waals surface area contributed by atoms with Gasteiger partial charge in [-0.05, 0) is 63.7 Å². The Hall–Kier alpha value is -2.90. The fraction of sp³-hybridized carbons (Fsp3) is 0.440. The molecule has 1 fully saturated rings. The summed E-state index contributed by atoms with van der Waals surface area (Å²) in [6.45, 7) is 6.22. The first kappa shape index (κ1) is 23.8. The Morgan fingerprint density at radius 1 is 1.12 bits per heavy atom. The number of hydrogen-bond donors (Lipinski definition) is 2. The van der Waals surface area contributed by atoms with Gasteiger partial charge in [0.1, 0.15) is 11.6 Å². The minimum Gasteiger partial charge on any atom is -0.444 e. The van der Waals surface area contributed by atoms with Gasteiger partial charge in [0.2, 0.25) is 5.91 Å². The van der Waals surface area contributed by atoms with Crippen molar-refractivity contribution in [2.75, 3.05) is 26.0 Å². The van der Waals surface area contributed by atoms with Gasteiger partial charge in [0, 0.05) is 18.7 Å². The van der Waals surface area contributed by atoms with Gasteiger partial charge in [0.25, 0.3) is 0 Å². The minimum absolute atomic E-state index is 0.0780. The number of aliphatic hydroxyl groups excluding tert-OH is 1. The number of rotatable bonds is 5. The molecule has 2 aromatic rings. The van der Waals surface area contributed by atoms with Crippen LogP contribution in [0.3, 0.4) is 0 Å². The van der Waals surface area contributed by atoms with Crippen LogP contribution in [0.1, 0.15) is 32.8 Å². The van der Waals surface area contributed by atoms with Crippen LogP contribution < -0.4 is 5.32 Å². The third kappa shape index (κ3) is 6.08. The quantitative estimate of drug-likeness (QED) is 0.742. The van der Waals surface area contributed by atoms with Gasteiger partial charge in [-0.3, -0.25) is 9.69 Å². The monoisotopic (exact) mass is 439 g/mol. The standard InChI is InChI=1S/C25H33N3O4/c1-25(2,3)32-24(31)28-16-20(29)14-22(28)23(30)26-19-12-10-17(11-13-19)21-9-7-6-8-18(21)15-27(4)5/h6-13,20,22,29H,14-16H2,1-5H3,(H,26,30)/t20-,22-/m1/s1. The Balaban J connectivity index is 1.71. The highest BCUT2D eigenvalue weighted by atomic mass is 16.6. The molecular formula is C25H33N3O4. The Labute approximate surface area is 190 Å². The van der Waals surface area contributed by atoms with Crippen molar-refractivity contribution in [2.24, 2.45) is 0 Å². The lowest BCUT2D eigenvalue weighted by Gasteiger charge is -2.27. The fourth-order valence-electron chi connectivity index (χ4n) is 3.82. The minimum atomic E-state index is -0.777. The number of likely N-dealkylation sites (tertiary alicyclic amines) is 1. The average molecular weight is 440 g/mol. The highest BCUT2D eigenvalue weighted by molar-refractivity contribution is 5.97. The van der Waals surface area contributed by atoms with E-state index in [1.807, 2.05) is 50.5 Å². The summed E-state index contributed by atoms with van der Waals surface area (Å²) in [6, 6.07) is 15.1. The predicted octanol–water partition coefficient (Wildman–Crippen LogP) is 3.72. The molecule has 0 spiro atoms. The molecule has 172 valence electrons. The van der Waals surface area contributed by atoms with E-state index < -0.39 is 23.8 Å². The summed E-state index contributed by atoms with van der Waals surface area (Å²) in [4.78, 5) is 28.8. The zero-order chi connectivity index (χ0) is 23.5. The van der Waals surface area contributed by atoms with E-state index in [9.17, 15) is 14.7 Å². The van der Waals surface area contributed by atoms with Crippen LogP contribution in [0.4, 0.5) is 10.5 Å². The van der Waals surface area contributed by atoms with Gasteiger partial charge in [0.15, 0.2) is 0 Å². The number of carbonyl (C=O) groups is 2. The maximum absolute atomic E-state index is 12.9. The molecule has 2 atom stereocenters. The van der Waals surface area contributed by atoms with Gasteiger partial charge < -0.3 is 20.1 Å². The third-order valence-corrected chi connectivity index (χ3v) is 5.18. The van der Waals surface area contributed by atoms with Gasteiger partial charge in [0.05, 0.1) is 12.6 Å². The first-order chi connectivity index (χ1) is 15.0. The van der Waals surface area contributed by atoms with Crippen LogP contribution in [0.25, 0.3) is 11.1 Å². The van der Waals surface area contributed by atoms with Crippen LogP contribution in [0.5, 0.6) is 0 Å². The van der Waals surface area contributed by atoms with Gasteiger partial charge >= 0.3 is 6.09 Å². The second kappa shape index (κ2) is 9.71. The maximum Gasteiger partial charge on any atom is 0.411 e. The van der Waals surface area contributed by atoms with Crippen LogP contribution in [-0.4, -0.2) is 65.3 Å². The number of nitrogens with one attached hydrogen (secondary N) is 1. The number of aliphatic hydroxyl groups is 1. The number of β-amino-alcohol motifs (C(OH)–C–C–N with tert-alkyl or cyclic N) is 1. The van der Waals surface area contributed by atoms with Crippen LogP contribution in [-0.2, 0) is 16.1 Å². The summed E-state index contributed by atoms with van der Waals surface area (Å²) in [6.07, 6.45) is -1.17. The maximum atomic E-state index is 12.9. The number of benzene rings is 2. The molecule has 0 unspecified atom stereocenters. The molecule has 1 heterocycles. The summed E-state index contributed by atoms with van der Waals surface area (Å²) in [5.41, 5.74) is 3.39. The van der Waals surface area contributed by atoms with Crippen LogP contribution in [0.2, 0.25) is 0 Å². The second-order valence-electron chi connectivity index (χ2n) is 9.50. The first-order valence-electron chi connectivity index (χ1n) is 10.8. The molecular weight excluding hydrogens is 406 g/mol. The van der Waals surface area contributed by atoms with Crippen molar-refractivity contribution in [1.82, 2.24) is 9.80 Å². The van der Waals surface area contributed by atoms with E-state index in [-0.39, 0.29) is 18.9 Å². The molecule has 2 N–H and O–H groups in total. The van der Waals surface area contributed by atoms with Crippen molar-refractivity contribution < 1.29 is 19.4 Å². The molecule has 0 aliphatic carbocycles. The molecule has 2 aromatic carbocycles. The van der Waals surface area contributed by atoms with E-state index in [0.717, 1.165) is 17.7 Å². The number of nitrogens with zero attached hydrogens (tertiary/aromatic N) is 2. The van der Waals surface area contributed by atoms with Crippen molar-refractivity contribution in [3.8, 4) is 11.1 Å². The smallest absolute Gasteiger partial charge is 0.411 e. The molecule has 0 radical (unpaired) electrons. The molecule has 7 heteroatoms. The molecule has 0 bridgehead atoms. The van der Waals surface area contributed by atoms with Crippen LogP contribution in [0, 0.1) is 0 Å². The third-order valence-electron chi connectivity index (χ3n) is 5.18. The summed E-state index contributed by atoms with van der Waals surface area (Å²) < 4.78 is 5.40. The van der Waals surface area contributed by atoms with Crippen LogP contribution in [0.15, 0.2) is 48.5 Å². The number of ether oxygens (including phenoxy) is 1. The van der Waals surface area contributed by atoms with E-state index in [1.165, 1.54) is 10.5 Å². The largest absolute Gasteiger partial charge is 0.444 e. The molecule has 2 amide bonds. The lowest BCUT2D eigenvalue weighted by atomic mass is 9.99. The lowest BCUT2D eigenvalue weighted by molar-refractivity contribution is -0.120. The molecule has 1 aliphatic heterocycles. The molecule has 0 aromatic heterocycles. The number of anilines is 1. The summed E-state index contributed by atoms with van der Waals surface area (Å²) >= 11 is 0. The molecule has 1 aliphatic rings. The number of amides is 2. The second-order valence-corrected chi connectivity index (χ2v) is 9.50. The molecule has 3 rings (SSSR count). The zero-order valence-corrected chi connectivity index (χ0v) is 19.5. The normalized spacial score (nSPS) is 18.7. The Morgan fingerprint density at radius 3 is 2.41 bits per heavy atom. The van der Waals surface area contributed by atoms with Gasteiger partial charge in [-0.2, -0.15) is 0 Å². The van der Waals surface area contributed by atoms with E-state index in [4.69, 9.17) is 4.74 Å². The van der Waals surface area contributed by atoms with Crippen molar-refractivity contribution in [3.05, 3.63) is 54.1 Å². The van der Waals surface area contributed by atoms with Gasteiger partial charge in [-0.1, -0.05) is 36.4 Å². The Kier molecular flexibility index (Phi) is 7.21. The SMILES string of the molecule is CN(C)Cc1ccccc1-c1ccc(NC(=O)[C@H]2C[C@@H](O)CN2C(=O)OC(C)(C)C)cc1. The van der Waals surface area contributed by atoms with Gasteiger partial charge in [-0.25, -0.2) is 4.79 Å². The molecule has 7 nitrogen and oxygen atoms in total. The van der Waals surface area contributed by atoms with Crippen molar-refractivity contribution in [3.63, 3.8) is 0 Å². The molecule has 0 saturated carbocycles. The zero-order valence-electron chi connectivity index (χ0n) is 19.5.